The Morgan fingerprint density at radius 2 is 2.25 bits per heavy atom. The molecule has 0 spiro atoms. The molecule has 1 unspecified atom stereocenters. The standard InChI is InChI=1S/C14H18BrNO3S/c1-2-6-19-14-4-3-12(15)8-11(14)9-16-13-5-7-20(17,18)10-13/h3-5,7-8,13,16H,2,6,9-10H2,1H3. The number of hydrogen-bond acceptors (Lipinski definition) is 4. The fraction of sp³-hybridized carbons (Fsp3) is 0.429. The monoisotopic (exact) mass is 359 g/mol. The molecule has 0 amide bonds. The van der Waals surface area contributed by atoms with E-state index in [4.69, 9.17) is 4.74 Å². The fourth-order valence-electron chi connectivity index (χ4n) is 1.98. The Morgan fingerprint density at radius 1 is 1.45 bits per heavy atom. The van der Waals surface area contributed by atoms with Gasteiger partial charge in [0.2, 0.25) is 0 Å². The van der Waals surface area contributed by atoms with Crippen molar-refractivity contribution in [3.8, 4) is 5.75 Å². The highest BCUT2D eigenvalue weighted by Crippen LogP contribution is 2.24. The molecule has 0 bridgehead atoms. The molecule has 1 aliphatic heterocycles. The first kappa shape index (κ1) is 15.5. The number of nitrogens with one attached hydrogen (secondary N) is 1. The quantitative estimate of drug-likeness (QED) is 0.848. The molecular weight excluding hydrogens is 342 g/mol. The lowest BCUT2D eigenvalue weighted by molar-refractivity contribution is 0.313. The van der Waals surface area contributed by atoms with E-state index in [0.717, 1.165) is 22.2 Å². The molecule has 2 rings (SSSR count). The van der Waals surface area contributed by atoms with E-state index in [1.807, 2.05) is 18.2 Å². The van der Waals surface area contributed by atoms with Crippen molar-refractivity contribution in [1.82, 2.24) is 5.32 Å². The van der Waals surface area contributed by atoms with Gasteiger partial charge in [-0.25, -0.2) is 8.42 Å². The van der Waals surface area contributed by atoms with E-state index < -0.39 is 9.84 Å². The van der Waals surface area contributed by atoms with E-state index in [-0.39, 0.29) is 11.8 Å². The highest BCUT2D eigenvalue weighted by molar-refractivity contribution is 9.10. The van der Waals surface area contributed by atoms with Crippen LogP contribution in [0, 0.1) is 0 Å². The smallest absolute Gasteiger partial charge is 0.173 e. The van der Waals surface area contributed by atoms with Crippen LogP contribution in [0.4, 0.5) is 0 Å². The lowest BCUT2D eigenvalue weighted by Crippen LogP contribution is -2.29. The second-order valence-corrected chi connectivity index (χ2v) is 7.59. The zero-order valence-corrected chi connectivity index (χ0v) is 13.7. The van der Waals surface area contributed by atoms with E-state index in [1.165, 1.54) is 5.41 Å². The van der Waals surface area contributed by atoms with Crippen molar-refractivity contribution in [2.24, 2.45) is 0 Å². The molecular formula is C14H18BrNO3S. The van der Waals surface area contributed by atoms with E-state index in [1.54, 1.807) is 6.08 Å². The molecule has 4 nitrogen and oxygen atoms in total. The van der Waals surface area contributed by atoms with Gasteiger partial charge in [-0.05, 0) is 24.6 Å². The predicted octanol–water partition coefficient (Wildman–Crippen LogP) is 2.64. The third kappa shape index (κ3) is 4.33. The predicted molar refractivity (Wildman–Crippen MR) is 83.5 cm³/mol. The van der Waals surface area contributed by atoms with Gasteiger partial charge in [-0.2, -0.15) is 0 Å². The largest absolute Gasteiger partial charge is 0.493 e. The van der Waals surface area contributed by atoms with Crippen molar-refractivity contribution in [1.29, 1.82) is 0 Å². The lowest BCUT2D eigenvalue weighted by atomic mass is 10.2. The Bertz CT molecular complexity index is 598. The zero-order chi connectivity index (χ0) is 14.6. The maximum absolute atomic E-state index is 11.4. The van der Waals surface area contributed by atoms with E-state index in [2.05, 4.69) is 28.2 Å². The van der Waals surface area contributed by atoms with Gasteiger partial charge in [-0.1, -0.05) is 28.9 Å². The third-order valence-electron chi connectivity index (χ3n) is 2.97. The Hall–Kier alpha value is -0.850. The molecule has 0 aromatic heterocycles. The summed E-state index contributed by atoms with van der Waals surface area (Å²) >= 11 is 3.44. The minimum Gasteiger partial charge on any atom is -0.493 e. The summed E-state index contributed by atoms with van der Waals surface area (Å²) in [5.41, 5.74) is 1.02. The lowest BCUT2D eigenvalue weighted by Gasteiger charge is -2.14. The van der Waals surface area contributed by atoms with Crippen LogP contribution in [0.25, 0.3) is 0 Å². The molecule has 1 aromatic rings. The van der Waals surface area contributed by atoms with Gasteiger partial charge in [0, 0.05) is 28.0 Å². The molecule has 110 valence electrons. The Balaban J connectivity index is 2.01. The Labute approximate surface area is 128 Å². The van der Waals surface area contributed by atoms with Gasteiger partial charge in [-0.15, -0.1) is 0 Å². The zero-order valence-electron chi connectivity index (χ0n) is 11.3. The maximum atomic E-state index is 11.4. The summed E-state index contributed by atoms with van der Waals surface area (Å²) in [5, 5.41) is 4.51. The van der Waals surface area contributed by atoms with Crippen molar-refractivity contribution >= 4 is 25.8 Å². The van der Waals surface area contributed by atoms with Gasteiger partial charge in [-0.3, -0.25) is 0 Å². The van der Waals surface area contributed by atoms with E-state index in [9.17, 15) is 8.42 Å². The number of sulfone groups is 1. The van der Waals surface area contributed by atoms with Crippen molar-refractivity contribution in [3.05, 3.63) is 39.7 Å². The van der Waals surface area contributed by atoms with E-state index in [0.29, 0.717) is 13.2 Å². The average molecular weight is 360 g/mol. The minimum atomic E-state index is -3.02. The summed E-state index contributed by atoms with van der Waals surface area (Å²) < 4.78 is 29.4. The highest BCUT2D eigenvalue weighted by Gasteiger charge is 2.21. The molecule has 1 aromatic carbocycles. The normalized spacial score (nSPS) is 20.2. The van der Waals surface area contributed by atoms with Crippen molar-refractivity contribution in [3.63, 3.8) is 0 Å². The van der Waals surface area contributed by atoms with Crippen molar-refractivity contribution in [2.75, 3.05) is 12.4 Å². The van der Waals surface area contributed by atoms with Gasteiger partial charge >= 0.3 is 0 Å². The second kappa shape index (κ2) is 6.74. The number of rotatable bonds is 6. The van der Waals surface area contributed by atoms with Crippen LogP contribution < -0.4 is 10.1 Å². The molecule has 20 heavy (non-hydrogen) atoms. The first-order chi connectivity index (χ1) is 9.50. The summed E-state index contributed by atoms with van der Waals surface area (Å²) in [6.07, 6.45) is 2.65. The number of hydrogen-bond donors (Lipinski definition) is 1. The van der Waals surface area contributed by atoms with Gasteiger partial charge in [0.15, 0.2) is 9.84 Å². The first-order valence-corrected chi connectivity index (χ1v) is 9.06. The van der Waals surface area contributed by atoms with Crippen LogP contribution in [-0.2, 0) is 16.4 Å². The molecule has 0 aliphatic carbocycles. The number of halogens is 1. The summed E-state index contributed by atoms with van der Waals surface area (Å²) in [4.78, 5) is 0. The van der Waals surface area contributed by atoms with Crippen LogP contribution in [0.15, 0.2) is 34.2 Å². The van der Waals surface area contributed by atoms with Crippen molar-refractivity contribution in [2.45, 2.75) is 25.9 Å². The summed E-state index contributed by atoms with van der Waals surface area (Å²) in [6, 6.07) is 5.73. The fourth-order valence-corrected chi connectivity index (χ4v) is 3.66. The number of benzene rings is 1. The van der Waals surface area contributed by atoms with Crippen LogP contribution in [0.3, 0.4) is 0 Å². The van der Waals surface area contributed by atoms with Crippen LogP contribution in [0.5, 0.6) is 5.75 Å². The second-order valence-electron chi connectivity index (χ2n) is 4.75. The molecule has 0 radical (unpaired) electrons. The summed E-state index contributed by atoms with van der Waals surface area (Å²) in [5.74, 6) is 0.971. The first-order valence-electron chi connectivity index (χ1n) is 6.56. The van der Waals surface area contributed by atoms with Gasteiger partial charge in [0.1, 0.15) is 5.75 Å². The highest BCUT2D eigenvalue weighted by atomic mass is 79.9. The average Bonchev–Trinajstić information content (AvgIpc) is 2.75. The Morgan fingerprint density at radius 3 is 2.90 bits per heavy atom. The van der Waals surface area contributed by atoms with Crippen LogP contribution >= 0.6 is 15.9 Å². The topological polar surface area (TPSA) is 55.4 Å². The van der Waals surface area contributed by atoms with E-state index >= 15 is 0 Å². The van der Waals surface area contributed by atoms with Crippen molar-refractivity contribution < 1.29 is 13.2 Å². The van der Waals surface area contributed by atoms with Crippen LogP contribution in [-0.4, -0.2) is 26.8 Å². The minimum absolute atomic E-state index is 0.127. The molecule has 1 N–H and O–H groups in total. The molecule has 1 heterocycles. The van der Waals surface area contributed by atoms with Gasteiger partial charge < -0.3 is 10.1 Å². The molecule has 1 aliphatic rings. The maximum Gasteiger partial charge on any atom is 0.173 e. The molecule has 0 fully saturated rings. The van der Waals surface area contributed by atoms with Gasteiger partial charge in [0.05, 0.1) is 12.4 Å². The third-order valence-corrected chi connectivity index (χ3v) is 4.86. The summed E-state index contributed by atoms with van der Waals surface area (Å²) in [7, 11) is -3.02. The molecule has 1 atom stereocenters. The van der Waals surface area contributed by atoms with Crippen LogP contribution in [0.2, 0.25) is 0 Å². The number of ether oxygens (including phenoxy) is 1. The Kier molecular flexibility index (Phi) is 5.23. The SMILES string of the molecule is CCCOc1ccc(Br)cc1CNC1C=CS(=O)(=O)C1. The van der Waals surface area contributed by atoms with Gasteiger partial charge in [0.25, 0.3) is 0 Å². The molecule has 0 saturated carbocycles. The molecule has 0 saturated heterocycles. The molecule has 6 heteroatoms. The van der Waals surface area contributed by atoms with Crippen LogP contribution in [0.1, 0.15) is 18.9 Å². The summed E-state index contributed by atoms with van der Waals surface area (Å²) in [6.45, 7) is 3.31.